The van der Waals surface area contributed by atoms with E-state index in [0.717, 1.165) is 12.3 Å². The summed E-state index contributed by atoms with van der Waals surface area (Å²) in [6.07, 6.45) is 12.6. The average molecular weight is 222 g/mol. The van der Waals surface area contributed by atoms with Gasteiger partial charge in [-0.3, -0.25) is 4.79 Å². The van der Waals surface area contributed by atoms with Crippen LogP contribution in [0.25, 0.3) is 0 Å². The van der Waals surface area contributed by atoms with E-state index in [9.17, 15) is 4.79 Å². The number of ketones is 1. The lowest BCUT2D eigenvalue weighted by Crippen LogP contribution is -2.28. The maximum absolute atomic E-state index is 12.3. The molecule has 0 aromatic heterocycles. The van der Waals surface area contributed by atoms with Gasteiger partial charge in [0.25, 0.3) is 0 Å². The van der Waals surface area contributed by atoms with Crippen LogP contribution in [0.5, 0.6) is 0 Å². The molecule has 2 atom stereocenters. The van der Waals surface area contributed by atoms with Gasteiger partial charge >= 0.3 is 0 Å². The van der Waals surface area contributed by atoms with Crippen LogP contribution in [-0.4, -0.2) is 5.78 Å². The van der Waals surface area contributed by atoms with Gasteiger partial charge in [0.15, 0.2) is 0 Å². The Morgan fingerprint density at radius 2 is 1.62 bits per heavy atom. The van der Waals surface area contributed by atoms with E-state index in [0.29, 0.717) is 17.6 Å². The van der Waals surface area contributed by atoms with E-state index in [1.165, 1.54) is 57.8 Å². The molecule has 2 aliphatic rings. The summed E-state index contributed by atoms with van der Waals surface area (Å²) in [5.41, 5.74) is 0. The summed E-state index contributed by atoms with van der Waals surface area (Å²) in [6, 6.07) is 0. The molecule has 92 valence electrons. The van der Waals surface area contributed by atoms with Gasteiger partial charge in [0.05, 0.1) is 0 Å². The predicted molar refractivity (Wildman–Crippen MR) is 67.3 cm³/mol. The standard InChI is InChI=1S/C15H26O/c1-2-13-9-5-6-10-14(13)15(16)11-12-7-3-4-8-12/h12-14H,2-11H2,1H3. The lowest BCUT2D eigenvalue weighted by molar-refractivity contribution is -0.126. The van der Waals surface area contributed by atoms with Gasteiger partial charge in [-0.25, -0.2) is 0 Å². The molecule has 16 heavy (non-hydrogen) atoms. The maximum Gasteiger partial charge on any atom is 0.136 e. The Balaban J connectivity index is 1.86. The first-order valence-corrected chi connectivity index (χ1v) is 7.34. The van der Waals surface area contributed by atoms with Crippen molar-refractivity contribution in [1.29, 1.82) is 0 Å². The van der Waals surface area contributed by atoms with Gasteiger partial charge in [-0.05, 0) is 24.7 Å². The molecular weight excluding hydrogens is 196 g/mol. The van der Waals surface area contributed by atoms with Gasteiger partial charge in [-0.15, -0.1) is 0 Å². The van der Waals surface area contributed by atoms with Crippen LogP contribution in [0.15, 0.2) is 0 Å². The van der Waals surface area contributed by atoms with Crippen molar-refractivity contribution in [3.8, 4) is 0 Å². The van der Waals surface area contributed by atoms with Crippen LogP contribution < -0.4 is 0 Å². The minimum atomic E-state index is 0.430. The minimum Gasteiger partial charge on any atom is -0.299 e. The lowest BCUT2D eigenvalue weighted by atomic mass is 9.74. The summed E-state index contributed by atoms with van der Waals surface area (Å²) >= 11 is 0. The fraction of sp³-hybridized carbons (Fsp3) is 0.933. The fourth-order valence-corrected chi connectivity index (χ4v) is 3.77. The van der Waals surface area contributed by atoms with E-state index in [-0.39, 0.29) is 0 Å². The Bertz CT molecular complexity index is 228. The van der Waals surface area contributed by atoms with E-state index in [4.69, 9.17) is 0 Å². The molecule has 1 heteroatoms. The molecule has 0 amide bonds. The van der Waals surface area contributed by atoms with Crippen molar-refractivity contribution in [3.63, 3.8) is 0 Å². The first kappa shape index (κ1) is 12.1. The van der Waals surface area contributed by atoms with Gasteiger partial charge in [0.2, 0.25) is 0 Å². The average Bonchev–Trinajstić information content (AvgIpc) is 2.81. The third kappa shape index (κ3) is 2.87. The molecule has 2 rings (SSSR count). The molecule has 0 aromatic carbocycles. The van der Waals surface area contributed by atoms with Crippen molar-refractivity contribution < 1.29 is 4.79 Å². The fourth-order valence-electron chi connectivity index (χ4n) is 3.77. The third-order valence-electron chi connectivity index (χ3n) is 4.81. The van der Waals surface area contributed by atoms with Crippen molar-refractivity contribution in [2.75, 3.05) is 0 Å². The summed E-state index contributed by atoms with van der Waals surface area (Å²) in [4.78, 5) is 12.3. The molecule has 2 fully saturated rings. The summed E-state index contributed by atoms with van der Waals surface area (Å²) in [5.74, 6) is 2.49. The van der Waals surface area contributed by atoms with Crippen LogP contribution in [0.3, 0.4) is 0 Å². The highest BCUT2D eigenvalue weighted by atomic mass is 16.1. The molecule has 2 unspecified atom stereocenters. The molecule has 0 aromatic rings. The van der Waals surface area contributed by atoms with Crippen molar-refractivity contribution in [3.05, 3.63) is 0 Å². The second kappa shape index (κ2) is 5.84. The molecule has 2 aliphatic carbocycles. The Kier molecular flexibility index (Phi) is 4.43. The van der Waals surface area contributed by atoms with E-state index < -0.39 is 0 Å². The van der Waals surface area contributed by atoms with Gasteiger partial charge in [0.1, 0.15) is 5.78 Å². The zero-order valence-corrected chi connectivity index (χ0v) is 10.7. The highest BCUT2D eigenvalue weighted by Crippen LogP contribution is 2.36. The number of Topliss-reactive ketones (excluding diaryl/α,β-unsaturated/α-hetero) is 1. The van der Waals surface area contributed by atoms with Crippen molar-refractivity contribution in [2.45, 2.75) is 71.1 Å². The Morgan fingerprint density at radius 3 is 2.31 bits per heavy atom. The molecule has 0 radical (unpaired) electrons. The number of carbonyl (C=O) groups excluding carboxylic acids is 1. The summed E-state index contributed by atoms with van der Waals surface area (Å²) in [5, 5.41) is 0. The van der Waals surface area contributed by atoms with Crippen molar-refractivity contribution in [1.82, 2.24) is 0 Å². The first-order valence-electron chi connectivity index (χ1n) is 7.34. The Hall–Kier alpha value is -0.330. The van der Waals surface area contributed by atoms with Crippen LogP contribution in [0, 0.1) is 17.8 Å². The number of carbonyl (C=O) groups is 1. The smallest absolute Gasteiger partial charge is 0.136 e. The van der Waals surface area contributed by atoms with Crippen LogP contribution in [0.1, 0.15) is 71.1 Å². The van der Waals surface area contributed by atoms with Gasteiger partial charge in [-0.2, -0.15) is 0 Å². The van der Waals surface area contributed by atoms with Crippen LogP contribution in [-0.2, 0) is 4.79 Å². The van der Waals surface area contributed by atoms with E-state index in [1.807, 2.05) is 0 Å². The zero-order chi connectivity index (χ0) is 11.4. The molecule has 0 bridgehead atoms. The predicted octanol–water partition coefficient (Wildman–Crippen LogP) is 4.35. The summed E-state index contributed by atoms with van der Waals surface area (Å²) < 4.78 is 0. The highest BCUT2D eigenvalue weighted by Gasteiger charge is 2.31. The minimum absolute atomic E-state index is 0.430. The molecule has 0 aliphatic heterocycles. The normalized spacial score (nSPS) is 31.8. The third-order valence-corrected chi connectivity index (χ3v) is 4.81. The second-order valence-electron chi connectivity index (χ2n) is 5.88. The van der Waals surface area contributed by atoms with Gasteiger partial charge < -0.3 is 0 Å². The number of hydrogen-bond donors (Lipinski definition) is 0. The topological polar surface area (TPSA) is 17.1 Å². The molecule has 1 nitrogen and oxygen atoms in total. The lowest BCUT2D eigenvalue weighted by Gasteiger charge is -2.30. The van der Waals surface area contributed by atoms with Crippen LogP contribution in [0.2, 0.25) is 0 Å². The monoisotopic (exact) mass is 222 g/mol. The van der Waals surface area contributed by atoms with E-state index in [2.05, 4.69) is 6.92 Å². The number of hydrogen-bond acceptors (Lipinski definition) is 1. The molecule has 0 heterocycles. The quantitative estimate of drug-likeness (QED) is 0.691. The zero-order valence-electron chi connectivity index (χ0n) is 10.7. The SMILES string of the molecule is CCC1CCCCC1C(=O)CC1CCCC1. The Labute approximate surface area is 100.0 Å². The molecule has 0 N–H and O–H groups in total. The molecule has 0 saturated heterocycles. The first-order chi connectivity index (χ1) is 7.81. The van der Waals surface area contributed by atoms with E-state index in [1.54, 1.807) is 0 Å². The highest BCUT2D eigenvalue weighted by molar-refractivity contribution is 5.81. The van der Waals surface area contributed by atoms with Crippen molar-refractivity contribution in [2.24, 2.45) is 17.8 Å². The second-order valence-corrected chi connectivity index (χ2v) is 5.88. The maximum atomic E-state index is 12.3. The van der Waals surface area contributed by atoms with Gasteiger partial charge in [0, 0.05) is 12.3 Å². The number of rotatable bonds is 4. The summed E-state index contributed by atoms with van der Waals surface area (Å²) in [6.45, 7) is 2.26. The summed E-state index contributed by atoms with van der Waals surface area (Å²) in [7, 11) is 0. The Morgan fingerprint density at radius 1 is 1.00 bits per heavy atom. The molecule has 0 spiro atoms. The largest absolute Gasteiger partial charge is 0.299 e. The van der Waals surface area contributed by atoms with Crippen molar-refractivity contribution >= 4 is 5.78 Å². The molecule has 2 saturated carbocycles. The molecular formula is C15H26O. The van der Waals surface area contributed by atoms with E-state index >= 15 is 0 Å². The van der Waals surface area contributed by atoms with Gasteiger partial charge in [-0.1, -0.05) is 51.9 Å². The van der Waals surface area contributed by atoms with Crippen LogP contribution >= 0.6 is 0 Å². The van der Waals surface area contributed by atoms with Crippen LogP contribution in [0.4, 0.5) is 0 Å².